The molecule has 6 heteroatoms. The van der Waals surface area contributed by atoms with Gasteiger partial charge >= 0.3 is 110 Å². The third-order valence-corrected chi connectivity index (χ3v) is 4.74. The number of nitrogens with two attached hydrogens (primary N) is 1. The van der Waals surface area contributed by atoms with E-state index in [1.165, 1.54) is 0 Å². The number of Topliss-reactive ketones (excluding diaryl/α,β-unsaturated/α-hetero) is 1. The molecule has 4 nitrogen and oxygen atoms in total. The Hall–Kier alpha value is -0.322. The van der Waals surface area contributed by atoms with E-state index in [0.29, 0.717) is 23.1 Å². The number of thioether (sulfide) groups is 1. The van der Waals surface area contributed by atoms with Gasteiger partial charge in [-0.15, -0.1) is 0 Å². The van der Waals surface area contributed by atoms with Crippen molar-refractivity contribution in [3.05, 3.63) is 29.8 Å². The first-order chi connectivity index (χ1) is 8.13. The number of rotatable bonds is 7. The molecule has 0 aliphatic rings. The van der Waals surface area contributed by atoms with Gasteiger partial charge in [0.1, 0.15) is 0 Å². The number of carbonyl (C=O) groups excluding carboxylic acids is 1. The van der Waals surface area contributed by atoms with Crippen LogP contribution >= 0.6 is 11.8 Å². The van der Waals surface area contributed by atoms with Gasteiger partial charge in [-0.05, 0) is 0 Å². The van der Waals surface area contributed by atoms with E-state index < -0.39 is 15.3 Å². The van der Waals surface area contributed by atoms with Crippen LogP contribution < -0.4 is 10.1 Å². The van der Waals surface area contributed by atoms with Crippen LogP contribution in [-0.4, -0.2) is 47.4 Å². The van der Waals surface area contributed by atoms with E-state index in [0.717, 1.165) is 11.3 Å². The summed E-state index contributed by atoms with van der Waals surface area (Å²) in [5, 5.41) is 0. The summed E-state index contributed by atoms with van der Waals surface area (Å²) in [5.74, 6) is 1.45. The molecular formula is C11H16AsNO3S. The van der Waals surface area contributed by atoms with E-state index in [1.807, 2.05) is 0 Å². The van der Waals surface area contributed by atoms with Gasteiger partial charge in [-0.3, -0.25) is 0 Å². The van der Waals surface area contributed by atoms with Gasteiger partial charge in [0, 0.05) is 0 Å². The number of hydrogen-bond acceptors (Lipinski definition) is 5. The first-order valence-corrected chi connectivity index (χ1v) is 8.97. The quantitative estimate of drug-likeness (QED) is 0.452. The van der Waals surface area contributed by atoms with E-state index in [-0.39, 0.29) is 5.78 Å². The summed E-state index contributed by atoms with van der Waals surface area (Å²) in [7, 11) is 0. The van der Waals surface area contributed by atoms with Gasteiger partial charge in [-0.25, -0.2) is 0 Å². The van der Waals surface area contributed by atoms with Crippen molar-refractivity contribution >= 4 is 37.2 Å². The average Bonchev–Trinajstić information content (AvgIpc) is 2.30. The Kier molecular flexibility index (Phi) is 6.85. The summed E-state index contributed by atoms with van der Waals surface area (Å²) in [6.07, 6.45) is 0.391. The van der Waals surface area contributed by atoms with Crippen LogP contribution in [0.4, 0.5) is 0 Å². The monoisotopic (exact) mass is 317 g/mol. The molecular weight excluding hydrogens is 301 g/mol. The Balaban J connectivity index is 2.43. The van der Waals surface area contributed by atoms with Gasteiger partial charge < -0.3 is 0 Å². The Morgan fingerprint density at radius 3 is 2.47 bits per heavy atom. The van der Waals surface area contributed by atoms with E-state index in [4.69, 9.17) is 13.9 Å². The third-order valence-electron chi connectivity index (χ3n) is 2.09. The SMILES string of the molecule is NCCSCC(=O)Cc1ccc([As](O)O)cc1. The van der Waals surface area contributed by atoms with Crippen molar-refractivity contribution < 1.29 is 13.0 Å². The summed E-state index contributed by atoms with van der Waals surface area (Å²) in [4.78, 5) is 11.6. The van der Waals surface area contributed by atoms with Crippen LogP contribution in [0.25, 0.3) is 0 Å². The van der Waals surface area contributed by atoms with E-state index in [2.05, 4.69) is 0 Å². The van der Waals surface area contributed by atoms with Crippen molar-refractivity contribution in [3.8, 4) is 0 Å². The zero-order valence-electron chi connectivity index (χ0n) is 9.37. The summed E-state index contributed by atoms with van der Waals surface area (Å²) >= 11 is -1.23. The molecule has 0 aromatic heterocycles. The molecule has 1 rings (SSSR count). The van der Waals surface area contributed by atoms with E-state index in [1.54, 1.807) is 36.0 Å². The number of hydrogen-bond donors (Lipinski definition) is 3. The molecule has 0 heterocycles. The van der Waals surface area contributed by atoms with Gasteiger partial charge in [-0.1, -0.05) is 0 Å². The maximum atomic E-state index is 11.6. The van der Waals surface area contributed by atoms with Crippen LogP contribution in [0, 0.1) is 0 Å². The fourth-order valence-electron chi connectivity index (χ4n) is 1.30. The molecule has 0 fully saturated rings. The predicted molar refractivity (Wildman–Crippen MR) is 71.4 cm³/mol. The van der Waals surface area contributed by atoms with Crippen LogP contribution in [0.15, 0.2) is 24.3 Å². The summed E-state index contributed by atoms with van der Waals surface area (Å²) in [5.41, 5.74) is 6.24. The standard InChI is InChI=1S/C11H16AsNO3S/c13-5-6-17-8-11(14)7-9-1-3-10(4-2-9)12(15)16/h1-4,15-16H,5-8,13H2. The van der Waals surface area contributed by atoms with Crippen molar-refractivity contribution in [3.63, 3.8) is 0 Å². The molecule has 0 atom stereocenters. The summed E-state index contributed by atoms with van der Waals surface area (Å²) < 4.78 is 18.7. The fourth-order valence-corrected chi connectivity index (χ4v) is 2.81. The minimum absolute atomic E-state index is 0.165. The predicted octanol–water partition coefficient (Wildman–Crippen LogP) is -0.830. The molecule has 0 saturated carbocycles. The Labute approximate surface area is 110 Å². The number of benzene rings is 1. The normalized spacial score (nSPS) is 10.8. The second-order valence-electron chi connectivity index (χ2n) is 3.51. The van der Waals surface area contributed by atoms with Gasteiger partial charge in [0.2, 0.25) is 0 Å². The number of ketones is 1. The topological polar surface area (TPSA) is 83.6 Å². The van der Waals surface area contributed by atoms with Crippen LogP contribution in [-0.2, 0) is 11.2 Å². The fraction of sp³-hybridized carbons (Fsp3) is 0.364. The van der Waals surface area contributed by atoms with Gasteiger partial charge in [0.05, 0.1) is 0 Å². The first kappa shape index (κ1) is 14.7. The molecule has 0 aliphatic heterocycles. The molecule has 0 aliphatic carbocycles. The van der Waals surface area contributed by atoms with Crippen molar-refractivity contribution in [2.75, 3.05) is 18.1 Å². The zero-order valence-corrected chi connectivity index (χ0v) is 12.1. The summed E-state index contributed by atoms with van der Waals surface area (Å²) in [6, 6.07) is 6.90. The van der Waals surface area contributed by atoms with Crippen LogP contribution in [0.2, 0.25) is 0 Å². The molecule has 17 heavy (non-hydrogen) atoms. The second kappa shape index (κ2) is 7.90. The van der Waals surface area contributed by atoms with Crippen molar-refractivity contribution in [1.29, 1.82) is 0 Å². The zero-order chi connectivity index (χ0) is 12.7. The molecule has 0 unspecified atom stereocenters. The number of carbonyl (C=O) groups is 1. The van der Waals surface area contributed by atoms with Crippen molar-refractivity contribution in [1.82, 2.24) is 0 Å². The Bertz CT molecular complexity index is 356. The van der Waals surface area contributed by atoms with Crippen molar-refractivity contribution in [2.24, 2.45) is 5.73 Å². The Morgan fingerprint density at radius 1 is 1.29 bits per heavy atom. The van der Waals surface area contributed by atoms with Gasteiger partial charge in [0.25, 0.3) is 0 Å². The molecule has 0 spiro atoms. The molecule has 94 valence electrons. The molecule has 0 amide bonds. The van der Waals surface area contributed by atoms with Gasteiger partial charge in [-0.2, -0.15) is 0 Å². The molecule has 1 aromatic rings. The van der Waals surface area contributed by atoms with Crippen LogP contribution in [0.3, 0.4) is 0 Å². The van der Waals surface area contributed by atoms with Crippen LogP contribution in [0.5, 0.6) is 0 Å². The molecule has 1 aromatic carbocycles. The van der Waals surface area contributed by atoms with E-state index in [9.17, 15) is 4.79 Å². The van der Waals surface area contributed by atoms with Gasteiger partial charge in [0.15, 0.2) is 0 Å². The van der Waals surface area contributed by atoms with Crippen molar-refractivity contribution in [2.45, 2.75) is 6.42 Å². The molecule has 0 saturated heterocycles. The molecule has 0 bridgehead atoms. The van der Waals surface area contributed by atoms with E-state index >= 15 is 0 Å². The second-order valence-corrected chi connectivity index (χ2v) is 6.92. The third kappa shape index (κ3) is 5.70. The molecule has 0 radical (unpaired) electrons. The maximum absolute atomic E-state index is 11.6. The summed E-state index contributed by atoms with van der Waals surface area (Å²) in [6.45, 7) is 0.589. The minimum atomic E-state index is -2.77. The first-order valence-electron chi connectivity index (χ1n) is 5.20. The average molecular weight is 317 g/mol. The Morgan fingerprint density at radius 2 is 1.94 bits per heavy atom. The van der Waals surface area contributed by atoms with Crippen LogP contribution in [0.1, 0.15) is 5.56 Å². The molecule has 4 N–H and O–H groups in total.